The molecule has 0 aliphatic heterocycles. The molecular formula is C18H31NO2. The second-order valence-corrected chi connectivity index (χ2v) is 6.04. The van der Waals surface area contributed by atoms with Gasteiger partial charge in [-0.25, -0.2) is 0 Å². The highest BCUT2D eigenvalue weighted by Gasteiger charge is 2.22. The van der Waals surface area contributed by atoms with E-state index >= 15 is 0 Å². The lowest BCUT2D eigenvalue weighted by atomic mass is 9.87. The highest BCUT2D eigenvalue weighted by Crippen LogP contribution is 2.20. The molecular weight excluding hydrogens is 262 g/mol. The molecule has 0 amide bonds. The van der Waals surface area contributed by atoms with Gasteiger partial charge in [0.05, 0.1) is 12.7 Å². The molecule has 120 valence electrons. The van der Waals surface area contributed by atoms with Crippen molar-refractivity contribution in [2.24, 2.45) is 17.6 Å². The van der Waals surface area contributed by atoms with E-state index in [2.05, 4.69) is 39.8 Å². The summed E-state index contributed by atoms with van der Waals surface area (Å²) in [5, 5.41) is 0. The quantitative estimate of drug-likeness (QED) is 0.670. The van der Waals surface area contributed by atoms with Gasteiger partial charge in [-0.2, -0.15) is 0 Å². The predicted molar refractivity (Wildman–Crippen MR) is 88.1 cm³/mol. The van der Waals surface area contributed by atoms with Gasteiger partial charge in [-0.3, -0.25) is 0 Å². The summed E-state index contributed by atoms with van der Waals surface area (Å²) < 4.78 is 11.5. The largest absolute Gasteiger partial charge is 0.378 e. The average molecular weight is 293 g/mol. The minimum absolute atomic E-state index is 0.209. The van der Waals surface area contributed by atoms with Gasteiger partial charge >= 0.3 is 0 Å². The first kappa shape index (κ1) is 18.1. The molecule has 0 saturated heterocycles. The standard InChI is InChI=1S/C18H31NO2/c1-14(16(3)19)15(2)17(4)21-12-8-11-20-13-18-9-6-5-7-10-18/h5-7,9-10,14-17H,8,11-13,19H2,1-4H3. The predicted octanol–water partition coefficient (Wildman–Crippen LogP) is 3.62. The fourth-order valence-electron chi connectivity index (χ4n) is 2.25. The van der Waals surface area contributed by atoms with Gasteiger partial charge in [0.1, 0.15) is 0 Å². The van der Waals surface area contributed by atoms with E-state index in [4.69, 9.17) is 15.2 Å². The molecule has 0 saturated carbocycles. The van der Waals surface area contributed by atoms with Crippen molar-refractivity contribution in [2.45, 2.75) is 52.9 Å². The van der Waals surface area contributed by atoms with Crippen molar-refractivity contribution in [2.75, 3.05) is 13.2 Å². The molecule has 0 heterocycles. The first-order valence-electron chi connectivity index (χ1n) is 8.01. The van der Waals surface area contributed by atoms with Gasteiger partial charge in [0.15, 0.2) is 0 Å². The molecule has 3 heteroatoms. The van der Waals surface area contributed by atoms with E-state index in [1.165, 1.54) is 5.56 Å². The lowest BCUT2D eigenvalue weighted by Crippen LogP contribution is -2.35. The summed E-state index contributed by atoms with van der Waals surface area (Å²) in [6, 6.07) is 10.4. The Morgan fingerprint density at radius 1 is 0.952 bits per heavy atom. The fourth-order valence-corrected chi connectivity index (χ4v) is 2.25. The van der Waals surface area contributed by atoms with Crippen molar-refractivity contribution < 1.29 is 9.47 Å². The van der Waals surface area contributed by atoms with Gasteiger partial charge in [-0.15, -0.1) is 0 Å². The molecule has 0 spiro atoms. The van der Waals surface area contributed by atoms with E-state index < -0.39 is 0 Å². The summed E-state index contributed by atoms with van der Waals surface area (Å²) in [4.78, 5) is 0. The molecule has 2 N–H and O–H groups in total. The lowest BCUT2D eigenvalue weighted by Gasteiger charge is -2.28. The van der Waals surface area contributed by atoms with Crippen LogP contribution in [-0.4, -0.2) is 25.4 Å². The zero-order chi connectivity index (χ0) is 15.7. The summed E-state index contributed by atoms with van der Waals surface area (Å²) in [7, 11) is 0. The van der Waals surface area contributed by atoms with Crippen molar-refractivity contribution in [3.05, 3.63) is 35.9 Å². The van der Waals surface area contributed by atoms with Crippen LogP contribution in [-0.2, 0) is 16.1 Å². The number of rotatable bonds is 10. The summed E-state index contributed by atoms with van der Waals surface area (Å²) in [6.07, 6.45) is 1.16. The van der Waals surface area contributed by atoms with E-state index in [-0.39, 0.29) is 12.1 Å². The van der Waals surface area contributed by atoms with E-state index in [0.717, 1.165) is 19.6 Å². The van der Waals surface area contributed by atoms with Crippen molar-refractivity contribution in [1.82, 2.24) is 0 Å². The normalized spacial score (nSPS) is 17.2. The topological polar surface area (TPSA) is 44.5 Å². The maximum Gasteiger partial charge on any atom is 0.0716 e. The Labute approximate surface area is 129 Å². The smallest absolute Gasteiger partial charge is 0.0716 e. The van der Waals surface area contributed by atoms with Gasteiger partial charge in [0.2, 0.25) is 0 Å². The number of nitrogens with two attached hydrogens (primary N) is 1. The molecule has 0 radical (unpaired) electrons. The minimum Gasteiger partial charge on any atom is -0.378 e. The molecule has 1 aromatic carbocycles. The van der Waals surface area contributed by atoms with Crippen LogP contribution in [0.1, 0.15) is 39.7 Å². The summed E-state index contributed by atoms with van der Waals surface area (Å²) >= 11 is 0. The molecule has 0 aromatic heterocycles. The molecule has 1 aromatic rings. The van der Waals surface area contributed by atoms with Crippen LogP contribution in [0.3, 0.4) is 0 Å². The molecule has 21 heavy (non-hydrogen) atoms. The molecule has 0 fully saturated rings. The van der Waals surface area contributed by atoms with E-state index in [1.54, 1.807) is 0 Å². The average Bonchev–Trinajstić information content (AvgIpc) is 2.49. The lowest BCUT2D eigenvalue weighted by molar-refractivity contribution is -0.00191. The van der Waals surface area contributed by atoms with Crippen molar-refractivity contribution >= 4 is 0 Å². The second-order valence-electron chi connectivity index (χ2n) is 6.04. The third-order valence-corrected chi connectivity index (χ3v) is 4.32. The summed E-state index contributed by atoms with van der Waals surface area (Å²) in [5.74, 6) is 0.935. The Kier molecular flexibility index (Phi) is 8.58. The highest BCUT2D eigenvalue weighted by molar-refractivity contribution is 5.13. The third-order valence-electron chi connectivity index (χ3n) is 4.32. The number of hydrogen-bond donors (Lipinski definition) is 1. The Balaban J connectivity index is 2.08. The Morgan fingerprint density at radius 2 is 1.62 bits per heavy atom. The van der Waals surface area contributed by atoms with Crippen LogP contribution in [0.5, 0.6) is 0 Å². The minimum atomic E-state index is 0.209. The van der Waals surface area contributed by atoms with Crippen LogP contribution >= 0.6 is 0 Å². The van der Waals surface area contributed by atoms with Crippen LogP contribution in [0.25, 0.3) is 0 Å². The molecule has 4 atom stereocenters. The molecule has 0 aliphatic rings. The maximum atomic E-state index is 5.95. The van der Waals surface area contributed by atoms with Crippen LogP contribution < -0.4 is 5.73 Å². The molecule has 0 bridgehead atoms. The Bertz CT molecular complexity index is 367. The number of ether oxygens (including phenoxy) is 2. The van der Waals surface area contributed by atoms with Crippen molar-refractivity contribution in [3.63, 3.8) is 0 Å². The van der Waals surface area contributed by atoms with Gasteiger partial charge in [0, 0.05) is 19.3 Å². The van der Waals surface area contributed by atoms with Crippen LogP contribution in [0, 0.1) is 11.8 Å². The summed E-state index contributed by atoms with van der Waals surface area (Å²) in [6.45, 7) is 10.8. The van der Waals surface area contributed by atoms with Gasteiger partial charge < -0.3 is 15.2 Å². The fraction of sp³-hybridized carbons (Fsp3) is 0.667. The first-order chi connectivity index (χ1) is 10.0. The van der Waals surface area contributed by atoms with Gasteiger partial charge in [-0.1, -0.05) is 44.2 Å². The van der Waals surface area contributed by atoms with Crippen LogP contribution in [0.15, 0.2) is 30.3 Å². The van der Waals surface area contributed by atoms with Gasteiger partial charge in [0.25, 0.3) is 0 Å². The first-order valence-corrected chi connectivity index (χ1v) is 8.01. The maximum absolute atomic E-state index is 5.95. The van der Waals surface area contributed by atoms with E-state index in [9.17, 15) is 0 Å². The third kappa shape index (κ3) is 7.07. The number of benzene rings is 1. The number of hydrogen-bond acceptors (Lipinski definition) is 3. The monoisotopic (exact) mass is 293 g/mol. The summed E-state index contributed by atoms with van der Waals surface area (Å²) in [5.41, 5.74) is 7.16. The zero-order valence-corrected chi connectivity index (χ0v) is 13.9. The van der Waals surface area contributed by atoms with Crippen molar-refractivity contribution in [3.8, 4) is 0 Å². The molecule has 3 nitrogen and oxygen atoms in total. The Hall–Kier alpha value is -0.900. The SMILES string of the molecule is CC(N)C(C)C(C)C(C)OCCCOCc1ccccc1. The van der Waals surface area contributed by atoms with Crippen LogP contribution in [0.4, 0.5) is 0 Å². The van der Waals surface area contributed by atoms with E-state index in [0.29, 0.717) is 18.4 Å². The molecule has 4 unspecified atom stereocenters. The highest BCUT2D eigenvalue weighted by atomic mass is 16.5. The molecule has 0 aliphatic carbocycles. The second kappa shape index (κ2) is 9.93. The van der Waals surface area contributed by atoms with Crippen LogP contribution in [0.2, 0.25) is 0 Å². The van der Waals surface area contributed by atoms with Crippen molar-refractivity contribution in [1.29, 1.82) is 0 Å². The van der Waals surface area contributed by atoms with E-state index in [1.807, 2.05) is 18.2 Å². The van der Waals surface area contributed by atoms with Gasteiger partial charge in [-0.05, 0) is 37.7 Å². The molecule has 1 rings (SSSR count). The Morgan fingerprint density at radius 3 is 2.24 bits per heavy atom. The zero-order valence-electron chi connectivity index (χ0n) is 13.9.